The van der Waals surface area contributed by atoms with E-state index in [1.165, 1.54) is 21.9 Å². The molecule has 73 heavy (non-hydrogen) atoms. The van der Waals surface area contributed by atoms with Crippen LogP contribution >= 0.6 is 0 Å². The Balaban J connectivity index is 1.17. The average Bonchev–Trinajstić information content (AvgIpc) is 4.09. The van der Waals surface area contributed by atoms with Crippen molar-refractivity contribution in [2.24, 2.45) is 11.3 Å². The van der Waals surface area contributed by atoms with Crippen LogP contribution in [0.1, 0.15) is 90.5 Å². The van der Waals surface area contributed by atoms with E-state index in [9.17, 15) is 24.0 Å². The second-order valence-electron chi connectivity index (χ2n) is 21.5. The van der Waals surface area contributed by atoms with Gasteiger partial charge in [-0.2, -0.15) is 0 Å². The molecule has 0 spiro atoms. The Morgan fingerprint density at radius 1 is 1.07 bits per heavy atom. The number of alkyl halides is 1. The number of esters is 1. The summed E-state index contributed by atoms with van der Waals surface area (Å²) < 4.78 is 37.0. The smallest absolute Gasteiger partial charge is 0.324 e. The summed E-state index contributed by atoms with van der Waals surface area (Å²) in [5, 5.41) is 5.21. The van der Waals surface area contributed by atoms with Crippen LogP contribution < -0.4 is 15.6 Å². The van der Waals surface area contributed by atoms with Crippen molar-refractivity contribution in [3.63, 3.8) is 0 Å². The molecule has 6 bridgehead atoms. The van der Waals surface area contributed by atoms with E-state index in [1.54, 1.807) is 27.2 Å². The quantitative estimate of drug-likeness (QED) is 0.134. The molecule has 4 amide bonds. The van der Waals surface area contributed by atoms with Crippen LogP contribution in [0.2, 0.25) is 0 Å². The number of cyclic esters (lactones) is 1. The second-order valence-corrected chi connectivity index (χ2v) is 21.5. The Morgan fingerprint density at radius 2 is 1.82 bits per heavy atom. The minimum atomic E-state index is -1.98. The van der Waals surface area contributed by atoms with Gasteiger partial charge in [0.1, 0.15) is 23.8 Å². The number of hydrazine groups is 1. The molecule has 0 saturated carbocycles. The zero-order valence-corrected chi connectivity index (χ0v) is 44.0. The minimum Gasteiger partial charge on any atom is -0.464 e. The third-order valence-corrected chi connectivity index (χ3v) is 15.0. The number of rotatable bonds is 12. The van der Waals surface area contributed by atoms with Crippen LogP contribution in [0.5, 0.6) is 0 Å². The third kappa shape index (κ3) is 11.3. The number of nitrogens with zero attached hydrogens (tertiary/aromatic N) is 8. The Bertz CT molecular complexity index is 2730. The predicted molar refractivity (Wildman–Crippen MR) is 275 cm³/mol. The number of halogens is 1. The highest BCUT2D eigenvalue weighted by atomic mass is 19.1. The molecule has 18 nitrogen and oxygen atoms in total. The molecule has 3 saturated heterocycles. The van der Waals surface area contributed by atoms with E-state index in [-0.39, 0.29) is 51.1 Å². The van der Waals surface area contributed by atoms with Crippen LogP contribution in [-0.4, -0.2) is 161 Å². The molecule has 0 radical (unpaired) electrons. The van der Waals surface area contributed by atoms with Crippen molar-refractivity contribution in [2.45, 2.75) is 117 Å². The molecule has 19 heteroatoms. The number of fused-ring (bicyclic) bond motifs is 6. The van der Waals surface area contributed by atoms with Gasteiger partial charge in [0, 0.05) is 93.8 Å². The summed E-state index contributed by atoms with van der Waals surface area (Å²) in [7, 11) is 5.27. The van der Waals surface area contributed by atoms with E-state index in [0.29, 0.717) is 31.6 Å². The van der Waals surface area contributed by atoms with Crippen molar-refractivity contribution in [1.82, 2.24) is 45.0 Å². The summed E-state index contributed by atoms with van der Waals surface area (Å²) in [5.41, 5.74) is 7.14. The Morgan fingerprint density at radius 3 is 2.52 bits per heavy atom. The van der Waals surface area contributed by atoms with Crippen molar-refractivity contribution in [3.05, 3.63) is 66.5 Å². The molecule has 0 unspecified atom stereocenters. The van der Waals surface area contributed by atoms with Gasteiger partial charge < -0.3 is 43.4 Å². The Hall–Kier alpha value is -6.18. The standard InChI is InChI=1S/C54H73FN10O8/c1-11-45(66)63-19-17-54(55,31-63)28-46(67)61(9)48(33(3)4)50(68)58-41-26-44-56-30-43(73-44)35-15-16-42-37(24-35)39(27-53(6,7)32-72-52(70)40-14-13-18-65(59-40)51(41)69)49(64(42)12-2)38-25-36(29-57-47(38)34(5)71-10)62-22-20-60(8)21-23-62/h11,15-16,24-25,29-30,33-34,40-41,48,59H,1,12-14,17-23,26-28,31-32H2,2-10H3,(H,58,68)/t34-,40-,41-,48-,54-/m0/s1. The van der Waals surface area contributed by atoms with Crippen LogP contribution in [0.3, 0.4) is 0 Å². The number of benzene rings is 1. The fraction of sp³-hybridized carbons (Fsp3) is 0.574. The number of carbonyl (C=O) groups excluding carboxylic acids is 5. The number of nitrogens with one attached hydrogen (secondary N) is 2. The van der Waals surface area contributed by atoms with Crippen molar-refractivity contribution in [3.8, 4) is 22.6 Å². The van der Waals surface area contributed by atoms with Gasteiger partial charge in [-0.1, -0.05) is 34.3 Å². The monoisotopic (exact) mass is 1010 g/mol. The fourth-order valence-corrected chi connectivity index (χ4v) is 10.9. The van der Waals surface area contributed by atoms with Gasteiger partial charge in [0.25, 0.3) is 5.91 Å². The Kier molecular flexibility index (Phi) is 15.8. The summed E-state index contributed by atoms with van der Waals surface area (Å²) in [5.74, 6) is -2.57. The first-order valence-electron chi connectivity index (χ1n) is 25.7. The maximum atomic E-state index is 16.0. The van der Waals surface area contributed by atoms with Crippen LogP contribution in [-0.2, 0) is 52.8 Å². The first-order chi connectivity index (χ1) is 34.7. The van der Waals surface area contributed by atoms with Gasteiger partial charge in [0.2, 0.25) is 17.7 Å². The number of pyridine rings is 1. The molecule has 3 fully saturated rings. The van der Waals surface area contributed by atoms with Gasteiger partial charge in [-0.25, -0.2) is 14.8 Å². The lowest BCUT2D eigenvalue weighted by atomic mass is 9.84. The van der Waals surface area contributed by atoms with E-state index in [2.05, 4.69) is 82.7 Å². The van der Waals surface area contributed by atoms with Gasteiger partial charge in [-0.3, -0.25) is 34.0 Å². The zero-order valence-electron chi connectivity index (χ0n) is 44.0. The molecule has 4 aliphatic rings. The number of oxazole rings is 1. The van der Waals surface area contributed by atoms with E-state index >= 15 is 4.39 Å². The average molecular weight is 1010 g/mol. The van der Waals surface area contributed by atoms with Crippen molar-refractivity contribution in [2.75, 3.05) is 78.5 Å². The molecule has 5 atom stereocenters. The predicted octanol–water partition coefficient (Wildman–Crippen LogP) is 5.49. The number of piperazine rings is 1. The number of likely N-dealkylation sites (N-methyl/N-ethyl adjacent to an activating group) is 2. The lowest BCUT2D eigenvalue weighted by molar-refractivity contribution is -0.155. The number of hydrogen-bond donors (Lipinski definition) is 2. The highest BCUT2D eigenvalue weighted by Gasteiger charge is 2.44. The third-order valence-electron chi connectivity index (χ3n) is 15.0. The van der Waals surface area contributed by atoms with E-state index in [4.69, 9.17) is 18.9 Å². The topological polar surface area (TPSA) is 188 Å². The molecular weight excluding hydrogens is 936 g/mol. The van der Waals surface area contributed by atoms with Gasteiger partial charge >= 0.3 is 5.97 Å². The second kappa shape index (κ2) is 21.7. The van der Waals surface area contributed by atoms with Crippen LogP contribution in [0.4, 0.5) is 10.1 Å². The highest BCUT2D eigenvalue weighted by molar-refractivity contribution is 5.96. The summed E-state index contributed by atoms with van der Waals surface area (Å²) >= 11 is 0. The van der Waals surface area contributed by atoms with Crippen LogP contribution in [0, 0.1) is 11.3 Å². The normalized spacial score (nSPS) is 22.8. The summed E-state index contributed by atoms with van der Waals surface area (Å²) in [6.07, 6.45) is 5.02. The molecule has 1 aromatic carbocycles. The fourth-order valence-electron chi connectivity index (χ4n) is 10.9. The van der Waals surface area contributed by atoms with Crippen molar-refractivity contribution >= 4 is 46.2 Å². The summed E-state index contributed by atoms with van der Waals surface area (Å²) in [6, 6.07) is 5.18. The summed E-state index contributed by atoms with van der Waals surface area (Å²) in [6.45, 7) is 19.8. The highest BCUT2D eigenvalue weighted by Crippen LogP contribution is 2.43. The molecule has 2 N–H and O–H groups in total. The first kappa shape index (κ1) is 53.1. The number of hydrogen-bond acceptors (Lipinski definition) is 13. The largest absolute Gasteiger partial charge is 0.464 e. The number of aryl methyl sites for hydroxylation is 1. The number of amides is 4. The molecule has 4 aromatic rings. The van der Waals surface area contributed by atoms with Crippen LogP contribution in [0.25, 0.3) is 33.5 Å². The first-order valence-corrected chi connectivity index (χ1v) is 25.7. The SMILES string of the molecule is C=CC(=O)N1CC[C@](F)(CC(=O)N(C)[C@H](C(=O)N[C@H]2Cc3ncc(o3)-c3ccc4c(c3)c(c(-c3cc(N5CCN(C)CC5)cnc3[C@H](C)OC)n4CC)CC(C)(C)COC(=O)[C@@H]3CCCN(N3)C2=O)C(C)C)C1. The molecule has 394 valence electrons. The maximum Gasteiger partial charge on any atom is 0.324 e. The van der Waals surface area contributed by atoms with Gasteiger partial charge in [0.05, 0.1) is 61.6 Å². The molecule has 4 aliphatic heterocycles. The number of anilines is 1. The van der Waals surface area contributed by atoms with Crippen LogP contribution in [0.15, 0.2) is 53.7 Å². The number of aromatic nitrogens is 3. The number of methoxy groups -OCH3 is 1. The Labute approximate surface area is 427 Å². The minimum absolute atomic E-state index is 0.0330. The van der Waals surface area contributed by atoms with Crippen molar-refractivity contribution in [1.29, 1.82) is 0 Å². The number of carbonyl (C=O) groups is 5. The summed E-state index contributed by atoms with van der Waals surface area (Å²) in [4.78, 5) is 86.2. The molecular formula is C54H73FN10O8. The van der Waals surface area contributed by atoms with Gasteiger partial charge in [-0.15, -0.1) is 0 Å². The number of ether oxygens (including phenoxy) is 2. The molecule has 8 rings (SSSR count). The van der Waals surface area contributed by atoms with E-state index in [1.807, 2.05) is 19.2 Å². The molecule has 7 heterocycles. The number of likely N-dealkylation sites (tertiary alicyclic amines) is 1. The van der Waals surface area contributed by atoms with Crippen molar-refractivity contribution < 1.29 is 42.3 Å². The molecule has 3 aromatic heterocycles. The zero-order chi connectivity index (χ0) is 52.5. The molecule has 0 aliphatic carbocycles. The lowest BCUT2D eigenvalue weighted by Gasteiger charge is -2.36. The van der Waals surface area contributed by atoms with Gasteiger partial charge in [-0.05, 0) is 82.0 Å². The van der Waals surface area contributed by atoms with E-state index < -0.39 is 71.1 Å². The van der Waals surface area contributed by atoms with E-state index in [0.717, 1.165) is 76.9 Å². The van der Waals surface area contributed by atoms with Gasteiger partial charge in [0.15, 0.2) is 11.7 Å². The maximum absolute atomic E-state index is 16.0. The lowest BCUT2D eigenvalue weighted by Crippen LogP contribution is -2.62.